The molecule has 1 fully saturated rings. The van der Waals surface area contributed by atoms with Crippen molar-refractivity contribution < 1.29 is 15.0 Å². The molecule has 8 heteroatoms. The van der Waals surface area contributed by atoms with Crippen molar-refractivity contribution >= 4 is 17.1 Å². The Morgan fingerprint density at radius 2 is 1.90 bits per heavy atom. The molecule has 3 N–H and O–H groups in total. The van der Waals surface area contributed by atoms with Gasteiger partial charge in [-0.15, -0.1) is 0 Å². The molecule has 5 atom stereocenters. The molecule has 3 aromatic rings. The summed E-state index contributed by atoms with van der Waals surface area (Å²) in [5, 5.41) is 24.1. The van der Waals surface area contributed by atoms with E-state index in [1.807, 2.05) is 44.2 Å². The first-order valence-electron chi connectivity index (χ1n) is 10.3. The highest BCUT2D eigenvalue weighted by atomic mass is 16.3. The van der Waals surface area contributed by atoms with E-state index in [2.05, 4.69) is 32.1 Å². The van der Waals surface area contributed by atoms with Crippen LogP contribution in [0.4, 0.5) is 0 Å². The molecule has 0 radical (unpaired) electrons. The molecule has 0 spiro atoms. The van der Waals surface area contributed by atoms with E-state index < -0.39 is 24.2 Å². The van der Waals surface area contributed by atoms with Crippen LogP contribution in [0.1, 0.15) is 36.5 Å². The van der Waals surface area contributed by atoms with Crippen LogP contribution in [0.3, 0.4) is 0 Å². The summed E-state index contributed by atoms with van der Waals surface area (Å²) in [4.78, 5) is 25.9. The van der Waals surface area contributed by atoms with Crippen LogP contribution in [0.25, 0.3) is 11.2 Å². The number of aliphatic hydroxyl groups is 2. The third-order valence-corrected chi connectivity index (χ3v) is 6.00. The number of imidazole rings is 1. The van der Waals surface area contributed by atoms with Crippen LogP contribution >= 0.6 is 0 Å². The molecule has 1 aliphatic carbocycles. The maximum Gasteiger partial charge on any atom is 0.225 e. The summed E-state index contributed by atoms with van der Waals surface area (Å²) in [7, 11) is 1.53. The summed E-state index contributed by atoms with van der Waals surface area (Å²) in [5.41, 5.74) is 2.65. The lowest BCUT2D eigenvalue weighted by atomic mass is 9.89. The van der Waals surface area contributed by atoms with E-state index in [-0.39, 0.29) is 11.8 Å². The average Bonchev–Trinajstić information content (AvgIpc) is 3.31. The smallest absolute Gasteiger partial charge is 0.225 e. The molecule has 0 bridgehead atoms. The van der Waals surface area contributed by atoms with Gasteiger partial charge in [-0.1, -0.05) is 37.5 Å². The normalized spacial score (nSPS) is 25.3. The van der Waals surface area contributed by atoms with Crippen molar-refractivity contribution in [1.29, 1.82) is 0 Å². The van der Waals surface area contributed by atoms with Gasteiger partial charge in [-0.3, -0.25) is 4.79 Å². The molecule has 160 valence electrons. The molecule has 0 saturated heterocycles. The van der Waals surface area contributed by atoms with Crippen LogP contribution in [0.5, 0.6) is 0 Å². The van der Waals surface area contributed by atoms with Crippen LogP contribution < -0.4 is 5.32 Å². The number of carbonyl (C=O) groups is 1. The fraction of sp³-hybridized carbons (Fsp3) is 0.391. The molecule has 1 saturated carbocycles. The molecule has 1 aliphatic rings. The van der Waals surface area contributed by atoms with Gasteiger partial charge in [0.2, 0.25) is 11.7 Å². The number of hydrogen-bond acceptors (Lipinski definition) is 6. The number of aromatic nitrogens is 4. The lowest BCUT2D eigenvalue weighted by Gasteiger charge is -2.24. The van der Waals surface area contributed by atoms with Gasteiger partial charge < -0.3 is 20.1 Å². The zero-order chi connectivity index (χ0) is 22.1. The number of nitrogens with one attached hydrogen (secondary N) is 1. The van der Waals surface area contributed by atoms with Crippen molar-refractivity contribution in [2.45, 2.75) is 38.5 Å². The topological polar surface area (TPSA) is 113 Å². The molecule has 4 rings (SSSR count). The molecule has 1 amide bonds. The van der Waals surface area contributed by atoms with Gasteiger partial charge in [0.15, 0.2) is 5.65 Å². The van der Waals surface area contributed by atoms with Gasteiger partial charge in [-0.2, -0.15) is 0 Å². The molecular weight excluding hydrogens is 394 g/mol. The monoisotopic (exact) mass is 419 g/mol. The SMILES string of the molecule is CCC1[C@@H](n2cnc3c(C)nc(C#Cc4ccccc4)nc32)[C@H](O)[C@H](O)[C@H]1C(=O)NC. The van der Waals surface area contributed by atoms with Gasteiger partial charge in [0.1, 0.15) is 11.6 Å². The van der Waals surface area contributed by atoms with E-state index in [1.165, 1.54) is 7.05 Å². The summed E-state index contributed by atoms with van der Waals surface area (Å²) in [6, 6.07) is 9.02. The Hall–Kier alpha value is -3.28. The van der Waals surface area contributed by atoms with E-state index in [1.54, 1.807) is 10.9 Å². The van der Waals surface area contributed by atoms with E-state index >= 15 is 0 Å². The maximum atomic E-state index is 12.4. The summed E-state index contributed by atoms with van der Waals surface area (Å²) in [5.74, 6) is 5.11. The Balaban J connectivity index is 1.79. The Bertz CT molecular complexity index is 1160. The Morgan fingerprint density at radius 1 is 1.16 bits per heavy atom. The van der Waals surface area contributed by atoms with Crippen molar-refractivity contribution in [3.63, 3.8) is 0 Å². The number of fused-ring (bicyclic) bond motifs is 1. The van der Waals surface area contributed by atoms with Gasteiger partial charge in [0, 0.05) is 12.6 Å². The summed E-state index contributed by atoms with van der Waals surface area (Å²) >= 11 is 0. The van der Waals surface area contributed by atoms with E-state index in [9.17, 15) is 15.0 Å². The first-order chi connectivity index (χ1) is 15.0. The Morgan fingerprint density at radius 3 is 2.58 bits per heavy atom. The van der Waals surface area contributed by atoms with Crippen LogP contribution in [0, 0.1) is 30.6 Å². The van der Waals surface area contributed by atoms with Crippen LogP contribution in [0.15, 0.2) is 36.7 Å². The zero-order valence-corrected chi connectivity index (χ0v) is 17.6. The van der Waals surface area contributed by atoms with Crippen LogP contribution in [-0.4, -0.2) is 54.9 Å². The minimum absolute atomic E-state index is 0.281. The minimum atomic E-state index is -1.17. The largest absolute Gasteiger partial charge is 0.390 e. The minimum Gasteiger partial charge on any atom is -0.390 e. The predicted octanol–water partition coefficient (Wildman–Crippen LogP) is 1.20. The Kier molecular flexibility index (Phi) is 5.72. The van der Waals surface area contributed by atoms with E-state index in [0.717, 1.165) is 5.56 Å². The molecule has 2 aromatic heterocycles. The molecular formula is C23H25N5O3. The Labute approximate surface area is 180 Å². The second-order valence-corrected chi connectivity index (χ2v) is 7.76. The fourth-order valence-electron chi connectivity index (χ4n) is 4.50. The molecule has 0 aliphatic heterocycles. The van der Waals surface area contributed by atoms with Crippen LogP contribution in [-0.2, 0) is 4.79 Å². The van der Waals surface area contributed by atoms with Crippen molar-refractivity contribution in [1.82, 2.24) is 24.8 Å². The van der Waals surface area contributed by atoms with E-state index in [0.29, 0.717) is 29.1 Å². The van der Waals surface area contributed by atoms with Crippen molar-refractivity contribution in [3.8, 4) is 11.8 Å². The third-order valence-electron chi connectivity index (χ3n) is 6.00. The number of carbonyl (C=O) groups excluding carboxylic acids is 1. The van der Waals surface area contributed by atoms with Gasteiger partial charge in [0.25, 0.3) is 0 Å². The number of rotatable bonds is 3. The number of nitrogens with zero attached hydrogens (tertiary/aromatic N) is 4. The summed E-state index contributed by atoms with van der Waals surface area (Å²) in [6.45, 7) is 3.77. The second-order valence-electron chi connectivity index (χ2n) is 7.76. The average molecular weight is 419 g/mol. The number of amides is 1. The molecule has 1 unspecified atom stereocenters. The second kappa shape index (κ2) is 8.46. The van der Waals surface area contributed by atoms with Crippen molar-refractivity contribution in [2.75, 3.05) is 7.05 Å². The first kappa shape index (κ1) is 21.0. The molecule has 8 nitrogen and oxygen atoms in total. The van der Waals surface area contributed by atoms with Crippen LogP contribution in [0.2, 0.25) is 0 Å². The highest BCUT2D eigenvalue weighted by molar-refractivity contribution is 5.80. The number of aliphatic hydroxyl groups excluding tert-OH is 2. The quantitative estimate of drug-likeness (QED) is 0.550. The lowest BCUT2D eigenvalue weighted by molar-refractivity contribution is -0.129. The molecule has 1 aromatic carbocycles. The predicted molar refractivity (Wildman–Crippen MR) is 115 cm³/mol. The number of aryl methyl sites for hydroxylation is 1. The van der Waals surface area contributed by atoms with Crippen molar-refractivity contribution in [3.05, 3.63) is 53.7 Å². The van der Waals surface area contributed by atoms with Gasteiger partial charge in [-0.05, 0) is 30.9 Å². The summed E-state index contributed by atoms with van der Waals surface area (Å²) in [6.07, 6.45) is -0.108. The van der Waals surface area contributed by atoms with Gasteiger partial charge in [0.05, 0.1) is 30.1 Å². The van der Waals surface area contributed by atoms with Gasteiger partial charge >= 0.3 is 0 Å². The van der Waals surface area contributed by atoms with E-state index in [4.69, 9.17) is 0 Å². The summed E-state index contributed by atoms with van der Waals surface area (Å²) < 4.78 is 1.75. The lowest BCUT2D eigenvalue weighted by Crippen LogP contribution is -2.38. The highest BCUT2D eigenvalue weighted by Crippen LogP contribution is 2.44. The standard InChI is InChI=1S/C23H25N5O3/c1-4-15-17(23(31)24-3)20(29)21(30)19(15)28-12-25-18-13(2)26-16(27-22(18)28)11-10-14-8-6-5-7-9-14/h5-9,12,15,17,19-21,29-30H,4H2,1-3H3,(H,24,31)/t15?,17-,19+,20+,21-/m0/s1. The first-order valence-corrected chi connectivity index (χ1v) is 10.3. The molecule has 31 heavy (non-hydrogen) atoms. The number of hydrogen-bond donors (Lipinski definition) is 3. The van der Waals surface area contributed by atoms with Gasteiger partial charge in [-0.25, -0.2) is 15.0 Å². The highest BCUT2D eigenvalue weighted by Gasteiger charge is 2.52. The molecule has 2 heterocycles. The fourth-order valence-corrected chi connectivity index (χ4v) is 4.50. The maximum absolute atomic E-state index is 12.4. The number of benzene rings is 1. The third kappa shape index (κ3) is 3.67. The zero-order valence-electron chi connectivity index (χ0n) is 17.6. The van der Waals surface area contributed by atoms with Crippen molar-refractivity contribution in [2.24, 2.45) is 11.8 Å².